The predicted molar refractivity (Wildman–Crippen MR) is 192 cm³/mol. The molecule has 0 bridgehead atoms. The summed E-state index contributed by atoms with van der Waals surface area (Å²) in [6.07, 6.45) is 3.80. The number of fused-ring (bicyclic) bond motifs is 2. The minimum atomic E-state index is -5.16. The predicted octanol–water partition coefficient (Wildman–Crippen LogP) is 2.13. The normalized spacial score (nSPS) is 18.0. The van der Waals surface area contributed by atoms with Crippen LogP contribution in [0.15, 0.2) is 62.9 Å². The van der Waals surface area contributed by atoms with Crippen LogP contribution in [0.5, 0.6) is 5.75 Å². The molecule has 0 aliphatic carbocycles. The highest BCUT2D eigenvalue weighted by molar-refractivity contribution is 7.87. The molecule has 5 N–H and O–H groups in total. The molecular formula is C30H37N2O17S5+. The van der Waals surface area contributed by atoms with Crippen molar-refractivity contribution in [2.24, 2.45) is 0 Å². The lowest BCUT2D eigenvalue weighted by Crippen LogP contribution is -2.30. The first kappa shape index (κ1) is 43.1. The number of allylic oxidation sites excluding steroid dienone is 4. The molecule has 0 amide bonds. The third-order valence-electron chi connectivity index (χ3n) is 8.92. The molecule has 0 aromatic heterocycles. The zero-order chi connectivity index (χ0) is 41.0. The summed E-state index contributed by atoms with van der Waals surface area (Å²) in [5.74, 6) is -1.76. The first-order valence-electron chi connectivity index (χ1n) is 15.5. The van der Waals surface area contributed by atoms with E-state index in [0.717, 1.165) is 12.1 Å². The van der Waals surface area contributed by atoms with Crippen molar-refractivity contribution >= 4 is 74.1 Å². The smallest absolute Gasteiger partial charge is 0.298 e. The lowest BCUT2D eigenvalue weighted by atomic mass is 9.81. The van der Waals surface area contributed by atoms with Crippen molar-refractivity contribution in [1.29, 1.82) is 0 Å². The quantitative estimate of drug-likeness (QED) is 0.0973. The lowest BCUT2D eigenvalue weighted by Gasteiger charge is -2.27. The molecule has 24 heteroatoms. The fourth-order valence-electron chi connectivity index (χ4n) is 6.82. The Morgan fingerprint density at radius 3 is 1.80 bits per heavy atom. The van der Waals surface area contributed by atoms with Crippen molar-refractivity contribution in [3.05, 3.63) is 59.3 Å². The molecule has 2 aromatic carbocycles. The van der Waals surface area contributed by atoms with Crippen LogP contribution in [0.1, 0.15) is 51.7 Å². The van der Waals surface area contributed by atoms with Gasteiger partial charge in [0.25, 0.3) is 57.1 Å². The Bertz CT molecular complexity index is 2570. The zero-order valence-corrected chi connectivity index (χ0v) is 33.0. The van der Waals surface area contributed by atoms with E-state index in [-0.39, 0.29) is 72.1 Å². The number of hydrogen-bond acceptors (Lipinski definition) is 13. The van der Waals surface area contributed by atoms with Crippen molar-refractivity contribution in [2.45, 2.75) is 66.1 Å². The Kier molecular flexibility index (Phi) is 11.6. The molecule has 0 saturated heterocycles. The summed E-state index contributed by atoms with van der Waals surface area (Å²) in [6, 6.07) is 3.70. The maximum absolute atomic E-state index is 12.6. The van der Waals surface area contributed by atoms with Crippen LogP contribution >= 0.6 is 0 Å². The number of ether oxygens (including phenoxy) is 1. The minimum Gasteiger partial charge on any atom is -0.428 e. The average Bonchev–Trinajstić information content (AvgIpc) is 3.32. The molecule has 0 saturated carbocycles. The number of anilines is 1. The molecule has 4 rings (SSSR count). The molecule has 0 atom stereocenters. The van der Waals surface area contributed by atoms with Gasteiger partial charge in [0, 0.05) is 47.5 Å². The molecule has 0 fully saturated rings. The van der Waals surface area contributed by atoms with Crippen molar-refractivity contribution in [2.75, 3.05) is 29.5 Å². The van der Waals surface area contributed by atoms with Crippen molar-refractivity contribution < 1.29 is 79.0 Å². The summed E-state index contributed by atoms with van der Waals surface area (Å²) in [5.41, 5.74) is -2.41. The summed E-state index contributed by atoms with van der Waals surface area (Å²) >= 11 is 0. The van der Waals surface area contributed by atoms with Crippen molar-refractivity contribution in [3.8, 4) is 5.75 Å². The van der Waals surface area contributed by atoms with Crippen LogP contribution in [0, 0.1) is 0 Å². The highest BCUT2D eigenvalue weighted by Gasteiger charge is 2.49. The number of rotatable bonds is 15. The van der Waals surface area contributed by atoms with Gasteiger partial charge in [-0.2, -0.15) is 46.7 Å². The number of hydrogen-bond donors (Lipinski definition) is 5. The first-order chi connectivity index (χ1) is 24.4. The standard InChI is InChI=1S/C30H36N2O17S5/c1-29(2)25(31(10-6-12-50(34,35)36)21-14-19(49-18-33)15-23(27(21)29)53(43,44)45)8-5-9-26-30(3,4)28-22(32(26)11-7-13-51(37,38)39)16-20(52(40,41)42)17-24(28)54(46,47)48/h5,8-9,14-18H,6-7,10-13H2,1-4H3,(H4-,34,35,36,37,38,39,40,41,42,43,44,45,46,47,48)/p+1. The van der Waals surface area contributed by atoms with Gasteiger partial charge < -0.3 is 9.64 Å². The van der Waals surface area contributed by atoms with E-state index in [4.69, 9.17) is 4.74 Å². The van der Waals surface area contributed by atoms with Crippen LogP contribution in [0.4, 0.5) is 11.4 Å². The highest BCUT2D eigenvalue weighted by Crippen LogP contribution is 2.52. The summed E-state index contributed by atoms with van der Waals surface area (Å²) in [5, 5.41) is 0. The van der Waals surface area contributed by atoms with Gasteiger partial charge in [-0.05, 0) is 38.5 Å². The van der Waals surface area contributed by atoms with Gasteiger partial charge in [-0.1, -0.05) is 19.9 Å². The van der Waals surface area contributed by atoms with Gasteiger partial charge in [0.15, 0.2) is 5.71 Å². The topological polar surface area (TPSA) is 304 Å². The lowest BCUT2D eigenvalue weighted by molar-refractivity contribution is -0.437. The maximum atomic E-state index is 12.6. The Balaban J connectivity index is 2.00. The fraction of sp³-hybridized carbons (Fsp3) is 0.400. The molecule has 2 aromatic rings. The van der Waals surface area contributed by atoms with E-state index >= 15 is 0 Å². The van der Waals surface area contributed by atoms with E-state index in [1.165, 1.54) is 47.6 Å². The van der Waals surface area contributed by atoms with Crippen LogP contribution in [-0.2, 0) is 66.2 Å². The zero-order valence-electron chi connectivity index (χ0n) is 28.9. The summed E-state index contributed by atoms with van der Waals surface area (Å²) < 4.78 is 176. The molecule has 0 radical (unpaired) electrons. The van der Waals surface area contributed by atoms with Gasteiger partial charge in [-0.3, -0.25) is 27.6 Å². The van der Waals surface area contributed by atoms with Crippen LogP contribution in [0.3, 0.4) is 0 Å². The number of carbonyl (C=O) groups is 1. The Morgan fingerprint density at radius 2 is 1.28 bits per heavy atom. The van der Waals surface area contributed by atoms with E-state index in [1.807, 2.05) is 0 Å². The van der Waals surface area contributed by atoms with Crippen LogP contribution in [0.2, 0.25) is 0 Å². The molecule has 2 heterocycles. The summed E-state index contributed by atoms with van der Waals surface area (Å²) in [6.45, 7) is 5.73. The monoisotopic (exact) mass is 857 g/mol. The molecular weight excluding hydrogens is 821 g/mol. The van der Waals surface area contributed by atoms with Gasteiger partial charge in [0.05, 0.1) is 33.4 Å². The second kappa shape index (κ2) is 14.5. The number of nitrogens with zero attached hydrogens (tertiary/aromatic N) is 2. The van der Waals surface area contributed by atoms with Gasteiger partial charge in [0.2, 0.25) is 5.69 Å². The van der Waals surface area contributed by atoms with Crippen LogP contribution in [0.25, 0.3) is 0 Å². The van der Waals surface area contributed by atoms with Gasteiger partial charge in [-0.15, -0.1) is 0 Å². The van der Waals surface area contributed by atoms with E-state index in [1.54, 1.807) is 13.8 Å². The Morgan fingerprint density at radius 1 is 0.722 bits per heavy atom. The van der Waals surface area contributed by atoms with Crippen LogP contribution in [-0.4, -0.2) is 106 Å². The number of carbonyl (C=O) groups excluding carboxylic acids is 1. The molecule has 2 aliphatic heterocycles. The van der Waals surface area contributed by atoms with Gasteiger partial charge >= 0.3 is 0 Å². The van der Waals surface area contributed by atoms with E-state index in [0.29, 0.717) is 6.07 Å². The van der Waals surface area contributed by atoms with E-state index in [2.05, 4.69) is 0 Å². The van der Waals surface area contributed by atoms with Crippen molar-refractivity contribution in [3.63, 3.8) is 0 Å². The largest absolute Gasteiger partial charge is 0.428 e. The van der Waals surface area contributed by atoms with Gasteiger partial charge in [-0.25, -0.2) is 0 Å². The minimum absolute atomic E-state index is 0.0183. The molecule has 0 spiro atoms. The third kappa shape index (κ3) is 9.09. The Labute approximate surface area is 312 Å². The summed E-state index contributed by atoms with van der Waals surface area (Å²) in [4.78, 5) is 10.1. The highest BCUT2D eigenvalue weighted by atomic mass is 32.2. The second-order valence-corrected chi connectivity index (χ2v) is 20.7. The van der Waals surface area contributed by atoms with Gasteiger partial charge in [0.1, 0.15) is 22.1 Å². The van der Waals surface area contributed by atoms with Crippen molar-refractivity contribution in [1.82, 2.24) is 0 Å². The molecule has 2 aliphatic rings. The first-order valence-corrected chi connectivity index (χ1v) is 23.1. The van der Waals surface area contributed by atoms with Crippen LogP contribution < -0.4 is 9.64 Å². The molecule has 19 nitrogen and oxygen atoms in total. The third-order valence-corrected chi connectivity index (χ3v) is 13.1. The average molecular weight is 858 g/mol. The van der Waals surface area contributed by atoms with E-state index in [9.17, 15) is 69.6 Å². The number of benzene rings is 2. The Hall–Kier alpha value is -3.59. The second-order valence-electron chi connectivity index (χ2n) is 13.4. The molecule has 54 heavy (non-hydrogen) atoms. The fourth-order valence-corrected chi connectivity index (χ4v) is 10.2. The maximum Gasteiger partial charge on any atom is 0.298 e. The summed E-state index contributed by atoms with van der Waals surface area (Å²) in [7, 11) is -24.1. The SMILES string of the molecule is CC1(C)C(/C=C/C=C2/N(CCCS(=O)(=O)O)c3cc(S(=O)(=O)O)cc(S(=O)(=O)O)c3C2(C)C)=[N+](CCCS(=O)(=O)O)c2cc(OC=O)cc(S(=O)(=O)O)c21. The molecule has 298 valence electrons. The van der Waals surface area contributed by atoms with E-state index < -0.39 is 87.6 Å². The molecule has 0 unspecified atom stereocenters.